The van der Waals surface area contributed by atoms with E-state index in [9.17, 15) is 14.4 Å². The molecule has 1 heterocycles. The Hall–Kier alpha value is -2.86. The van der Waals surface area contributed by atoms with Crippen LogP contribution in [0.25, 0.3) is 0 Å². The van der Waals surface area contributed by atoms with Crippen molar-refractivity contribution in [3.8, 4) is 0 Å². The third-order valence-corrected chi connectivity index (χ3v) is 5.57. The van der Waals surface area contributed by atoms with Gasteiger partial charge in [0.15, 0.2) is 5.78 Å². The van der Waals surface area contributed by atoms with Crippen LogP contribution < -0.4 is 5.32 Å². The van der Waals surface area contributed by atoms with E-state index in [1.807, 2.05) is 51.1 Å². The van der Waals surface area contributed by atoms with Gasteiger partial charge >= 0.3 is 0 Å². The van der Waals surface area contributed by atoms with Gasteiger partial charge in [-0.25, -0.2) is 0 Å². The fourth-order valence-electron chi connectivity index (χ4n) is 2.94. The number of thioether (sulfide) groups is 1. The van der Waals surface area contributed by atoms with Gasteiger partial charge in [-0.1, -0.05) is 48.2 Å². The van der Waals surface area contributed by atoms with Gasteiger partial charge in [-0.15, -0.1) is 0 Å². The molecular formula is C22H22N2O3S. The number of carbonyl (C=O) groups is 3. The number of amides is 2. The summed E-state index contributed by atoms with van der Waals surface area (Å²) < 4.78 is 0. The fourth-order valence-corrected chi connectivity index (χ4v) is 3.88. The summed E-state index contributed by atoms with van der Waals surface area (Å²) in [4.78, 5) is 38.7. The number of nitrogens with zero attached hydrogens (tertiary/aromatic N) is 1. The Balaban J connectivity index is 1.75. The average Bonchev–Trinajstić information content (AvgIpc) is 2.98. The minimum atomic E-state index is -0.293. The summed E-state index contributed by atoms with van der Waals surface area (Å²) in [5.41, 5.74) is 4.18. The van der Waals surface area contributed by atoms with Gasteiger partial charge in [-0.3, -0.25) is 19.3 Å². The highest BCUT2D eigenvalue weighted by Gasteiger charge is 2.29. The third kappa shape index (κ3) is 4.51. The van der Waals surface area contributed by atoms with Gasteiger partial charge in [-0.2, -0.15) is 0 Å². The van der Waals surface area contributed by atoms with Crippen LogP contribution in [-0.2, 0) is 9.59 Å². The monoisotopic (exact) mass is 394 g/mol. The molecule has 0 bridgehead atoms. The first kappa shape index (κ1) is 19.9. The van der Waals surface area contributed by atoms with Gasteiger partial charge in [0, 0.05) is 17.3 Å². The van der Waals surface area contributed by atoms with E-state index in [0.29, 0.717) is 10.6 Å². The van der Waals surface area contributed by atoms with E-state index in [4.69, 9.17) is 0 Å². The highest BCUT2D eigenvalue weighted by atomic mass is 32.2. The van der Waals surface area contributed by atoms with Crippen molar-refractivity contribution in [1.82, 2.24) is 4.90 Å². The molecule has 2 amide bonds. The second kappa shape index (κ2) is 8.44. The van der Waals surface area contributed by atoms with Crippen molar-refractivity contribution in [2.24, 2.45) is 0 Å². The number of carbonyl (C=O) groups excluding carboxylic acids is 3. The van der Waals surface area contributed by atoms with Gasteiger partial charge < -0.3 is 5.32 Å². The average molecular weight is 394 g/mol. The first-order valence-corrected chi connectivity index (χ1v) is 9.95. The number of ketones is 1. The zero-order chi connectivity index (χ0) is 20.3. The molecule has 1 aliphatic rings. The second-order valence-electron chi connectivity index (χ2n) is 6.80. The molecule has 1 aliphatic heterocycles. The molecule has 1 saturated heterocycles. The van der Waals surface area contributed by atoms with Crippen molar-refractivity contribution in [2.75, 3.05) is 17.6 Å². The zero-order valence-corrected chi connectivity index (χ0v) is 16.9. The van der Waals surface area contributed by atoms with Crippen molar-refractivity contribution >= 4 is 35.0 Å². The molecule has 3 rings (SSSR count). The maximum Gasteiger partial charge on any atom is 0.244 e. The lowest BCUT2D eigenvalue weighted by molar-refractivity contribution is -0.129. The topological polar surface area (TPSA) is 66.5 Å². The van der Waals surface area contributed by atoms with Crippen molar-refractivity contribution in [2.45, 2.75) is 20.8 Å². The molecule has 1 N–H and O–H groups in total. The van der Waals surface area contributed by atoms with Crippen LogP contribution in [0.3, 0.4) is 0 Å². The van der Waals surface area contributed by atoms with Gasteiger partial charge in [0.1, 0.15) is 6.54 Å². The summed E-state index contributed by atoms with van der Waals surface area (Å²) in [7, 11) is 0. The Bertz CT molecular complexity index is 981. The number of rotatable bonds is 5. The number of benzene rings is 2. The summed E-state index contributed by atoms with van der Waals surface area (Å²) in [6.07, 6.45) is 1.45. The van der Waals surface area contributed by atoms with Crippen molar-refractivity contribution in [3.63, 3.8) is 0 Å². The Morgan fingerprint density at radius 2 is 1.86 bits per heavy atom. The Morgan fingerprint density at radius 1 is 1.11 bits per heavy atom. The fraction of sp³-hybridized carbons (Fsp3) is 0.227. The number of nitrogens with one attached hydrogen (secondary N) is 1. The molecule has 0 aromatic heterocycles. The SMILES string of the molecule is Cc1ccc(C)c(NC(=O)CN2C(=O)CS/C2=C\C(=O)c2ccccc2C)c1. The molecule has 1 fully saturated rings. The van der Waals surface area contributed by atoms with E-state index in [1.54, 1.807) is 12.1 Å². The van der Waals surface area contributed by atoms with Gasteiger partial charge in [0.25, 0.3) is 0 Å². The lowest BCUT2D eigenvalue weighted by atomic mass is 10.1. The summed E-state index contributed by atoms with van der Waals surface area (Å²) in [6, 6.07) is 13.1. The van der Waals surface area contributed by atoms with E-state index in [-0.39, 0.29) is 29.9 Å². The van der Waals surface area contributed by atoms with Gasteiger partial charge in [-0.05, 0) is 43.5 Å². The van der Waals surface area contributed by atoms with Gasteiger partial charge in [0.05, 0.1) is 10.8 Å². The first-order chi connectivity index (χ1) is 13.3. The molecule has 144 valence electrons. The van der Waals surface area contributed by atoms with Crippen LogP contribution in [0.4, 0.5) is 5.69 Å². The molecule has 0 spiro atoms. The van der Waals surface area contributed by atoms with Crippen LogP contribution in [-0.4, -0.2) is 34.8 Å². The van der Waals surface area contributed by atoms with Crippen LogP contribution in [0.1, 0.15) is 27.0 Å². The number of aryl methyl sites for hydroxylation is 3. The lowest BCUT2D eigenvalue weighted by Crippen LogP contribution is -2.34. The first-order valence-electron chi connectivity index (χ1n) is 8.97. The molecule has 0 radical (unpaired) electrons. The third-order valence-electron chi connectivity index (χ3n) is 4.54. The molecule has 2 aromatic carbocycles. The maximum absolute atomic E-state index is 12.6. The predicted molar refractivity (Wildman–Crippen MR) is 112 cm³/mol. The number of hydrogen-bond acceptors (Lipinski definition) is 4. The molecule has 2 aromatic rings. The molecule has 0 aliphatic carbocycles. The zero-order valence-electron chi connectivity index (χ0n) is 16.1. The summed E-state index contributed by atoms with van der Waals surface area (Å²) >= 11 is 1.28. The van der Waals surface area contributed by atoms with E-state index >= 15 is 0 Å². The van der Waals surface area contributed by atoms with E-state index in [0.717, 1.165) is 22.4 Å². The van der Waals surface area contributed by atoms with Crippen LogP contribution in [0, 0.1) is 20.8 Å². The Kier molecular flexibility index (Phi) is 5.99. The number of anilines is 1. The van der Waals surface area contributed by atoms with Gasteiger partial charge in [0.2, 0.25) is 11.8 Å². The summed E-state index contributed by atoms with van der Waals surface area (Å²) in [5.74, 6) is -0.414. The van der Waals surface area contributed by atoms with Crippen molar-refractivity contribution in [1.29, 1.82) is 0 Å². The summed E-state index contributed by atoms with van der Waals surface area (Å²) in [5, 5.41) is 3.37. The Morgan fingerprint density at radius 3 is 2.61 bits per heavy atom. The van der Waals surface area contributed by atoms with E-state index in [1.165, 1.54) is 22.7 Å². The molecule has 28 heavy (non-hydrogen) atoms. The van der Waals surface area contributed by atoms with Crippen LogP contribution >= 0.6 is 11.8 Å². The van der Waals surface area contributed by atoms with Crippen molar-refractivity contribution < 1.29 is 14.4 Å². The Labute approximate surface area is 168 Å². The summed E-state index contributed by atoms with van der Waals surface area (Å²) in [6.45, 7) is 5.62. The van der Waals surface area contributed by atoms with Crippen LogP contribution in [0.5, 0.6) is 0 Å². The molecule has 6 heteroatoms. The van der Waals surface area contributed by atoms with E-state index in [2.05, 4.69) is 5.32 Å². The largest absolute Gasteiger partial charge is 0.324 e. The van der Waals surface area contributed by atoms with Crippen LogP contribution in [0.2, 0.25) is 0 Å². The normalized spacial score (nSPS) is 15.2. The molecular weight excluding hydrogens is 372 g/mol. The highest BCUT2D eigenvalue weighted by molar-refractivity contribution is 8.04. The smallest absolute Gasteiger partial charge is 0.244 e. The lowest BCUT2D eigenvalue weighted by Gasteiger charge is -2.17. The minimum absolute atomic E-state index is 0.119. The quantitative estimate of drug-likeness (QED) is 0.618. The minimum Gasteiger partial charge on any atom is -0.324 e. The predicted octanol–water partition coefficient (Wildman–Crippen LogP) is 3.85. The van der Waals surface area contributed by atoms with Crippen molar-refractivity contribution in [3.05, 3.63) is 75.8 Å². The van der Waals surface area contributed by atoms with Crippen LogP contribution in [0.15, 0.2) is 53.6 Å². The number of allylic oxidation sites excluding steroid dienone is 1. The molecule has 0 saturated carbocycles. The molecule has 5 nitrogen and oxygen atoms in total. The number of hydrogen-bond donors (Lipinski definition) is 1. The second-order valence-corrected chi connectivity index (χ2v) is 7.79. The molecule has 0 atom stereocenters. The maximum atomic E-state index is 12.6. The standard InChI is InChI=1S/C22H22N2O3S/c1-14-8-9-16(3)18(10-14)23-20(26)12-24-21(27)13-28-22(24)11-19(25)17-7-5-4-6-15(17)2/h4-11H,12-13H2,1-3H3,(H,23,26)/b22-11-. The highest BCUT2D eigenvalue weighted by Crippen LogP contribution is 2.29. The van der Waals surface area contributed by atoms with E-state index < -0.39 is 0 Å². The molecule has 0 unspecified atom stereocenters.